The van der Waals surface area contributed by atoms with Gasteiger partial charge in [-0.3, -0.25) is 4.98 Å². The Morgan fingerprint density at radius 1 is 1.14 bits per heavy atom. The molecule has 1 heterocycles. The third-order valence-corrected chi connectivity index (χ3v) is 3.74. The summed E-state index contributed by atoms with van der Waals surface area (Å²) in [6.45, 7) is 0.760. The van der Waals surface area contributed by atoms with Crippen LogP contribution in [0.15, 0.2) is 54.7 Å². The first-order valence-corrected chi connectivity index (χ1v) is 7.12. The molecule has 1 aromatic heterocycles. The normalized spacial score (nSPS) is 10.8. The highest BCUT2D eigenvalue weighted by molar-refractivity contribution is 6.30. The quantitative estimate of drug-likeness (QED) is 0.740. The molecule has 106 valence electrons. The number of hydrogen-bond acceptors (Lipinski definition) is 3. The lowest BCUT2D eigenvalue weighted by molar-refractivity contribution is 0.926. The van der Waals surface area contributed by atoms with E-state index in [0.29, 0.717) is 0 Å². The molecule has 0 aliphatic rings. The van der Waals surface area contributed by atoms with Crippen molar-refractivity contribution < 1.29 is 0 Å². The molecular weight excluding hydrogens is 282 g/mol. The van der Waals surface area contributed by atoms with E-state index >= 15 is 0 Å². The number of aromatic nitrogens is 1. The summed E-state index contributed by atoms with van der Waals surface area (Å²) >= 11 is 6.04. The van der Waals surface area contributed by atoms with Gasteiger partial charge in [0.1, 0.15) is 0 Å². The van der Waals surface area contributed by atoms with Crippen LogP contribution in [0.2, 0.25) is 5.02 Å². The van der Waals surface area contributed by atoms with Crippen molar-refractivity contribution in [2.75, 3.05) is 17.7 Å². The van der Waals surface area contributed by atoms with E-state index in [4.69, 9.17) is 17.3 Å². The number of nitrogens with two attached hydrogens (primary N) is 1. The Hall–Kier alpha value is -2.26. The lowest BCUT2D eigenvalue weighted by atomic mass is 10.1. The summed E-state index contributed by atoms with van der Waals surface area (Å²) in [5, 5.41) is 1.73. The van der Waals surface area contributed by atoms with Gasteiger partial charge in [0.15, 0.2) is 0 Å². The van der Waals surface area contributed by atoms with Gasteiger partial charge in [0, 0.05) is 35.9 Å². The SMILES string of the molecule is CN(Cc1cccc(Cl)c1)c1ccc(N)c2cccnc12. The molecule has 0 atom stereocenters. The molecule has 0 fully saturated rings. The second kappa shape index (κ2) is 5.62. The highest BCUT2D eigenvalue weighted by Crippen LogP contribution is 2.29. The van der Waals surface area contributed by atoms with Crippen LogP contribution >= 0.6 is 11.6 Å². The molecule has 0 saturated heterocycles. The molecule has 0 aliphatic heterocycles. The number of hydrogen-bond donors (Lipinski definition) is 1. The van der Waals surface area contributed by atoms with Gasteiger partial charge in [-0.2, -0.15) is 0 Å². The molecule has 4 heteroatoms. The zero-order chi connectivity index (χ0) is 14.8. The van der Waals surface area contributed by atoms with Crippen LogP contribution in [0.1, 0.15) is 5.56 Å². The Morgan fingerprint density at radius 2 is 2.00 bits per heavy atom. The lowest BCUT2D eigenvalue weighted by Crippen LogP contribution is -2.17. The largest absolute Gasteiger partial charge is 0.398 e. The van der Waals surface area contributed by atoms with E-state index in [1.165, 1.54) is 0 Å². The van der Waals surface area contributed by atoms with Gasteiger partial charge < -0.3 is 10.6 Å². The van der Waals surface area contributed by atoms with Crippen LogP contribution in [-0.4, -0.2) is 12.0 Å². The van der Waals surface area contributed by atoms with E-state index in [1.807, 2.05) is 49.5 Å². The Kier molecular flexibility index (Phi) is 3.67. The van der Waals surface area contributed by atoms with Crippen molar-refractivity contribution in [2.24, 2.45) is 0 Å². The van der Waals surface area contributed by atoms with Crippen LogP contribution in [0, 0.1) is 0 Å². The molecule has 21 heavy (non-hydrogen) atoms. The average Bonchev–Trinajstić information content (AvgIpc) is 2.48. The molecule has 0 amide bonds. The van der Waals surface area contributed by atoms with Crippen molar-refractivity contribution in [1.82, 2.24) is 4.98 Å². The molecular formula is C17H16ClN3. The molecule has 0 spiro atoms. The minimum atomic E-state index is 0.748. The zero-order valence-corrected chi connectivity index (χ0v) is 12.5. The molecule has 3 nitrogen and oxygen atoms in total. The Balaban J connectivity index is 1.98. The monoisotopic (exact) mass is 297 g/mol. The van der Waals surface area contributed by atoms with Gasteiger partial charge in [-0.25, -0.2) is 0 Å². The van der Waals surface area contributed by atoms with E-state index in [1.54, 1.807) is 6.20 Å². The van der Waals surface area contributed by atoms with E-state index < -0.39 is 0 Å². The van der Waals surface area contributed by atoms with Gasteiger partial charge >= 0.3 is 0 Å². The maximum Gasteiger partial charge on any atom is 0.0955 e. The average molecular weight is 298 g/mol. The number of pyridine rings is 1. The van der Waals surface area contributed by atoms with Crippen molar-refractivity contribution >= 4 is 33.9 Å². The predicted octanol–water partition coefficient (Wildman–Crippen LogP) is 4.11. The number of rotatable bonds is 3. The third-order valence-electron chi connectivity index (χ3n) is 3.50. The van der Waals surface area contributed by atoms with Crippen molar-refractivity contribution in [2.45, 2.75) is 6.54 Å². The fraction of sp³-hybridized carbons (Fsp3) is 0.118. The van der Waals surface area contributed by atoms with Crippen molar-refractivity contribution in [1.29, 1.82) is 0 Å². The summed E-state index contributed by atoms with van der Waals surface area (Å²) in [6.07, 6.45) is 1.79. The minimum Gasteiger partial charge on any atom is -0.398 e. The summed E-state index contributed by atoms with van der Waals surface area (Å²) in [6, 6.07) is 15.7. The van der Waals surface area contributed by atoms with Crippen LogP contribution in [0.25, 0.3) is 10.9 Å². The Morgan fingerprint density at radius 3 is 2.81 bits per heavy atom. The lowest BCUT2D eigenvalue weighted by Gasteiger charge is -2.21. The minimum absolute atomic E-state index is 0.748. The second-order valence-corrected chi connectivity index (χ2v) is 5.50. The van der Waals surface area contributed by atoms with E-state index in [9.17, 15) is 0 Å². The first-order chi connectivity index (χ1) is 10.1. The number of anilines is 2. The number of benzene rings is 2. The number of nitrogen functional groups attached to an aromatic ring is 1. The smallest absolute Gasteiger partial charge is 0.0955 e. The number of fused-ring (bicyclic) bond motifs is 1. The van der Waals surface area contributed by atoms with Gasteiger partial charge in [0.2, 0.25) is 0 Å². The van der Waals surface area contributed by atoms with Gasteiger partial charge in [0.05, 0.1) is 11.2 Å². The maximum absolute atomic E-state index is 6.04. The van der Waals surface area contributed by atoms with E-state index in [2.05, 4.69) is 16.0 Å². The highest BCUT2D eigenvalue weighted by Gasteiger charge is 2.09. The summed E-state index contributed by atoms with van der Waals surface area (Å²) in [7, 11) is 2.04. The maximum atomic E-state index is 6.04. The van der Waals surface area contributed by atoms with Crippen LogP contribution in [0.5, 0.6) is 0 Å². The van der Waals surface area contributed by atoms with Crippen LogP contribution in [-0.2, 0) is 6.54 Å². The zero-order valence-electron chi connectivity index (χ0n) is 11.8. The third kappa shape index (κ3) is 2.78. The fourth-order valence-electron chi connectivity index (χ4n) is 2.48. The molecule has 0 aliphatic carbocycles. The first-order valence-electron chi connectivity index (χ1n) is 6.74. The topological polar surface area (TPSA) is 42.1 Å². The number of halogens is 1. The van der Waals surface area contributed by atoms with Gasteiger partial charge in [0.25, 0.3) is 0 Å². The summed E-state index contributed by atoms with van der Waals surface area (Å²) in [5.74, 6) is 0. The van der Waals surface area contributed by atoms with Gasteiger partial charge in [-0.05, 0) is 42.0 Å². The molecule has 0 bridgehead atoms. The van der Waals surface area contributed by atoms with Crippen molar-refractivity contribution in [3.8, 4) is 0 Å². The molecule has 0 radical (unpaired) electrons. The second-order valence-electron chi connectivity index (χ2n) is 5.06. The summed E-state index contributed by atoms with van der Waals surface area (Å²) < 4.78 is 0. The van der Waals surface area contributed by atoms with E-state index in [0.717, 1.165) is 39.4 Å². The molecule has 3 aromatic rings. The molecule has 0 saturated carbocycles. The van der Waals surface area contributed by atoms with Gasteiger partial charge in [-0.1, -0.05) is 23.7 Å². The summed E-state index contributed by atoms with van der Waals surface area (Å²) in [5.41, 5.74) is 9.90. The Bertz CT molecular complexity index is 786. The molecule has 2 N–H and O–H groups in total. The fourth-order valence-corrected chi connectivity index (χ4v) is 2.70. The molecule has 2 aromatic carbocycles. The van der Waals surface area contributed by atoms with Crippen LogP contribution in [0.3, 0.4) is 0 Å². The standard InChI is InChI=1S/C17H16ClN3/c1-21(11-12-4-2-5-13(18)10-12)16-8-7-15(19)14-6-3-9-20-17(14)16/h2-10H,11,19H2,1H3. The Labute approximate surface area is 129 Å². The van der Waals surface area contributed by atoms with Crippen molar-refractivity contribution in [3.63, 3.8) is 0 Å². The first kappa shape index (κ1) is 13.7. The number of nitrogens with zero attached hydrogens (tertiary/aromatic N) is 2. The van der Waals surface area contributed by atoms with Crippen molar-refractivity contribution in [3.05, 3.63) is 65.3 Å². The summed E-state index contributed by atoms with van der Waals surface area (Å²) in [4.78, 5) is 6.63. The van der Waals surface area contributed by atoms with Crippen LogP contribution in [0.4, 0.5) is 11.4 Å². The molecule has 0 unspecified atom stereocenters. The highest BCUT2D eigenvalue weighted by atomic mass is 35.5. The van der Waals surface area contributed by atoms with Crippen LogP contribution < -0.4 is 10.6 Å². The predicted molar refractivity (Wildman–Crippen MR) is 89.7 cm³/mol. The van der Waals surface area contributed by atoms with Gasteiger partial charge in [-0.15, -0.1) is 0 Å². The molecule has 3 rings (SSSR count). The van der Waals surface area contributed by atoms with E-state index in [-0.39, 0.29) is 0 Å².